The SMILES string of the molecule is CC(=O)/C=C/[C@@H]1CN(C(=O)OCc2ccccc2)C(C)(C)O1. The molecule has 0 unspecified atom stereocenters. The number of benzene rings is 1. The summed E-state index contributed by atoms with van der Waals surface area (Å²) >= 11 is 0. The highest BCUT2D eigenvalue weighted by atomic mass is 16.6. The molecule has 1 atom stereocenters. The molecule has 0 bridgehead atoms. The largest absolute Gasteiger partial charge is 0.444 e. The van der Waals surface area contributed by atoms with Crippen LogP contribution < -0.4 is 0 Å². The number of hydrogen-bond acceptors (Lipinski definition) is 4. The second-order valence-electron chi connectivity index (χ2n) is 5.72. The van der Waals surface area contributed by atoms with Crippen molar-refractivity contribution in [3.63, 3.8) is 0 Å². The summed E-state index contributed by atoms with van der Waals surface area (Å²) in [5.41, 5.74) is 0.168. The van der Waals surface area contributed by atoms with Crippen LogP contribution in [0.5, 0.6) is 0 Å². The summed E-state index contributed by atoms with van der Waals surface area (Å²) in [4.78, 5) is 24.8. The van der Waals surface area contributed by atoms with Gasteiger partial charge in [-0.2, -0.15) is 0 Å². The van der Waals surface area contributed by atoms with Gasteiger partial charge in [0.2, 0.25) is 0 Å². The minimum absolute atomic E-state index is 0.0495. The Morgan fingerprint density at radius 3 is 2.68 bits per heavy atom. The van der Waals surface area contributed by atoms with Crippen LogP contribution in [0.1, 0.15) is 26.3 Å². The van der Waals surface area contributed by atoms with E-state index in [9.17, 15) is 9.59 Å². The number of nitrogens with zero attached hydrogens (tertiary/aromatic N) is 1. The smallest absolute Gasteiger partial charge is 0.412 e. The third-order valence-corrected chi connectivity index (χ3v) is 3.42. The Morgan fingerprint density at radius 2 is 2.05 bits per heavy atom. The Balaban J connectivity index is 1.95. The van der Waals surface area contributed by atoms with Crippen molar-refractivity contribution in [2.24, 2.45) is 0 Å². The normalized spacial score (nSPS) is 20.3. The average Bonchev–Trinajstić information content (AvgIpc) is 2.78. The first-order valence-corrected chi connectivity index (χ1v) is 7.23. The van der Waals surface area contributed by atoms with E-state index < -0.39 is 11.8 Å². The second kappa shape index (κ2) is 6.75. The number of carbonyl (C=O) groups is 2. The fourth-order valence-corrected chi connectivity index (χ4v) is 2.31. The van der Waals surface area contributed by atoms with Gasteiger partial charge in [-0.25, -0.2) is 4.79 Å². The molecule has 0 aliphatic carbocycles. The van der Waals surface area contributed by atoms with Crippen LogP contribution >= 0.6 is 0 Å². The summed E-state index contributed by atoms with van der Waals surface area (Å²) < 4.78 is 11.1. The molecule has 0 aromatic heterocycles. The maximum Gasteiger partial charge on any atom is 0.412 e. The molecular formula is C17H21NO4. The van der Waals surface area contributed by atoms with Gasteiger partial charge in [-0.05, 0) is 32.4 Å². The zero-order valence-corrected chi connectivity index (χ0v) is 13.1. The van der Waals surface area contributed by atoms with Gasteiger partial charge in [-0.1, -0.05) is 36.4 Å². The average molecular weight is 303 g/mol. The molecular weight excluding hydrogens is 282 g/mol. The second-order valence-corrected chi connectivity index (χ2v) is 5.72. The van der Waals surface area contributed by atoms with Gasteiger partial charge >= 0.3 is 6.09 Å². The monoisotopic (exact) mass is 303 g/mol. The van der Waals surface area contributed by atoms with E-state index >= 15 is 0 Å². The molecule has 1 aliphatic rings. The summed E-state index contributed by atoms with van der Waals surface area (Å²) in [6.07, 6.45) is 2.41. The standard InChI is InChI=1S/C17H21NO4/c1-13(19)9-10-15-11-18(17(2,3)22-15)16(20)21-12-14-7-5-4-6-8-14/h4-10,15H,11-12H2,1-3H3/b10-9+/t15-/m1/s1. The third kappa shape index (κ3) is 4.18. The molecule has 0 N–H and O–H groups in total. The molecule has 22 heavy (non-hydrogen) atoms. The number of amides is 1. The first-order chi connectivity index (χ1) is 10.4. The quantitative estimate of drug-likeness (QED) is 0.803. The van der Waals surface area contributed by atoms with Gasteiger partial charge in [0.05, 0.1) is 12.6 Å². The predicted molar refractivity (Wildman–Crippen MR) is 82.1 cm³/mol. The molecule has 5 nitrogen and oxygen atoms in total. The Kier molecular flexibility index (Phi) is 4.98. The molecule has 118 valence electrons. The van der Waals surface area contributed by atoms with Crippen molar-refractivity contribution in [3.05, 3.63) is 48.0 Å². The highest BCUT2D eigenvalue weighted by Crippen LogP contribution is 2.28. The summed E-state index contributed by atoms with van der Waals surface area (Å²) in [6, 6.07) is 9.51. The summed E-state index contributed by atoms with van der Waals surface area (Å²) in [6.45, 7) is 5.67. The lowest BCUT2D eigenvalue weighted by molar-refractivity contribution is -0.112. The van der Waals surface area contributed by atoms with E-state index in [0.29, 0.717) is 6.54 Å². The Hall–Kier alpha value is -2.14. The molecule has 2 rings (SSSR count). The van der Waals surface area contributed by atoms with E-state index in [0.717, 1.165) is 5.56 Å². The third-order valence-electron chi connectivity index (χ3n) is 3.42. The predicted octanol–water partition coefficient (Wildman–Crippen LogP) is 2.91. The van der Waals surface area contributed by atoms with E-state index in [-0.39, 0.29) is 18.5 Å². The van der Waals surface area contributed by atoms with E-state index in [1.807, 2.05) is 30.3 Å². The highest BCUT2D eigenvalue weighted by Gasteiger charge is 2.42. The van der Waals surface area contributed by atoms with Crippen molar-refractivity contribution in [3.8, 4) is 0 Å². The van der Waals surface area contributed by atoms with Crippen LogP contribution in [-0.4, -0.2) is 35.2 Å². The fourth-order valence-electron chi connectivity index (χ4n) is 2.31. The van der Waals surface area contributed by atoms with Gasteiger partial charge in [0.25, 0.3) is 0 Å². The maximum absolute atomic E-state index is 12.3. The van der Waals surface area contributed by atoms with E-state index in [1.54, 1.807) is 19.9 Å². The summed E-state index contributed by atoms with van der Waals surface area (Å²) in [5.74, 6) is -0.0495. The van der Waals surface area contributed by atoms with Crippen molar-refractivity contribution >= 4 is 11.9 Å². The maximum atomic E-state index is 12.3. The molecule has 1 amide bonds. The van der Waals surface area contributed by atoms with Crippen molar-refractivity contribution in [1.82, 2.24) is 4.90 Å². The number of allylic oxidation sites excluding steroid dienone is 1. The van der Waals surface area contributed by atoms with E-state index in [4.69, 9.17) is 9.47 Å². The van der Waals surface area contributed by atoms with Gasteiger partial charge in [0, 0.05) is 0 Å². The zero-order chi connectivity index (χ0) is 16.2. The highest BCUT2D eigenvalue weighted by molar-refractivity contribution is 5.87. The number of hydrogen-bond donors (Lipinski definition) is 0. The van der Waals surface area contributed by atoms with E-state index in [2.05, 4.69) is 0 Å². The summed E-state index contributed by atoms with van der Waals surface area (Å²) in [7, 11) is 0. The molecule has 0 saturated carbocycles. The van der Waals surface area contributed by atoms with Crippen LogP contribution in [0.2, 0.25) is 0 Å². The fraction of sp³-hybridized carbons (Fsp3) is 0.412. The molecule has 1 aliphatic heterocycles. The summed E-state index contributed by atoms with van der Waals surface area (Å²) in [5, 5.41) is 0. The molecule has 5 heteroatoms. The number of carbonyl (C=O) groups excluding carboxylic acids is 2. The first-order valence-electron chi connectivity index (χ1n) is 7.23. The lowest BCUT2D eigenvalue weighted by atomic mass is 10.2. The molecule has 0 spiro atoms. The molecule has 1 aromatic carbocycles. The van der Waals surface area contributed by atoms with Gasteiger partial charge in [0.15, 0.2) is 5.78 Å². The van der Waals surface area contributed by atoms with Gasteiger partial charge in [-0.3, -0.25) is 9.69 Å². The number of rotatable bonds is 4. The molecule has 0 radical (unpaired) electrons. The molecule has 1 heterocycles. The van der Waals surface area contributed by atoms with Crippen LogP contribution in [0.15, 0.2) is 42.5 Å². The van der Waals surface area contributed by atoms with Crippen LogP contribution in [0.4, 0.5) is 4.79 Å². The van der Waals surface area contributed by atoms with Gasteiger partial charge in [-0.15, -0.1) is 0 Å². The van der Waals surface area contributed by atoms with Gasteiger partial charge < -0.3 is 9.47 Å². The first kappa shape index (κ1) is 16.2. The minimum atomic E-state index is -0.764. The van der Waals surface area contributed by atoms with Crippen molar-refractivity contribution in [2.75, 3.05) is 6.54 Å². The number of ketones is 1. The Bertz CT molecular complexity index is 565. The lowest BCUT2D eigenvalue weighted by Crippen LogP contribution is -2.43. The molecule has 1 saturated heterocycles. The van der Waals surface area contributed by atoms with Crippen LogP contribution in [0.3, 0.4) is 0 Å². The van der Waals surface area contributed by atoms with Crippen molar-refractivity contribution < 1.29 is 19.1 Å². The Morgan fingerprint density at radius 1 is 1.36 bits per heavy atom. The van der Waals surface area contributed by atoms with Crippen LogP contribution in [0.25, 0.3) is 0 Å². The van der Waals surface area contributed by atoms with Crippen LogP contribution in [-0.2, 0) is 20.9 Å². The lowest BCUT2D eigenvalue weighted by Gasteiger charge is -2.28. The van der Waals surface area contributed by atoms with Gasteiger partial charge in [0.1, 0.15) is 12.3 Å². The zero-order valence-electron chi connectivity index (χ0n) is 13.1. The van der Waals surface area contributed by atoms with E-state index in [1.165, 1.54) is 17.9 Å². The molecule has 1 aromatic rings. The van der Waals surface area contributed by atoms with Crippen molar-refractivity contribution in [1.29, 1.82) is 0 Å². The Labute approximate surface area is 130 Å². The van der Waals surface area contributed by atoms with Crippen LogP contribution in [0, 0.1) is 0 Å². The molecule has 1 fully saturated rings. The number of ether oxygens (including phenoxy) is 2. The van der Waals surface area contributed by atoms with Crippen molar-refractivity contribution in [2.45, 2.75) is 39.2 Å². The minimum Gasteiger partial charge on any atom is -0.444 e. The topological polar surface area (TPSA) is 55.8 Å².